The lowest BCUT2D eigenvalue weighted by molar-refractivity contribution is 0.0999. The summed E-state index contributed by atoms with van der Waals surface area (Å²) in [5.74, 6) is 2.29. The number of anilines is 1. The van der Waals surface area contributed by atoms with E-state index in [-0.39, 0.29) is 0 Å². The maximum atomic E-state index is 5.84. The number of hydrogen-bond acceptors (Lipinski definition) is 4. The fourth-order valence-electron chi connectivity index (χ4n) is 2.74. The second-order valence-electron chi connectivity index (χ2n) is 4.55. The van der Waals surface area contributed by atoms with Gasteiger partial charge < -0.3 is 10.1 Å². The van der Waals surface area contributed by atoms with Gasteiger partial charge in [0.2, 0.25) is 0 Å². The van der Waals surface area contributed by atoms with Crippen LogP contribution in [0.4, 0.5) is 5.82 Å². The molecule has 0 aromatic carbocycles. The van der Waals surface area contributed by atoms with Gasteiger partial charge in [-0.25, -0.2) is 9.97 Å². The smallest absolute Gasteiger partial charge is 0.136 e. The summed E-state index contributed by atoms with van der Waals surface area (Å²) in [6, 6.07) is 1.92. The molecule has 3 heterocycles. The first-order valence-corrected chi connectivity index (χ1v) is 6.09. The SMILES string of the molecule is CCNc1ccnc(C2CC3CCC2O3)n1. The quantitative estimate of drug-likeness (QED) is 0.844. The van der Waals surface area contributed by atoms with Crippen LogP contribution in [0, 0.1) is 0 Å². The highest BCUT2D eigenvalue weighted by atomic mass is 16.5. The topological polar surface area (TPSA) is 47.0 Å². The molecule has 2 aliphatic rings. The summed E-state index contributed by atoms with van der Waals surface area (Å²) in [5, 5.41) is 3.22. The second-order valence-corrected chi connectivity index (χ2v) is 4.55. The Morgan fingerprint density at radius 3 is 3.12 bits per heavy atom. The first kappa shape index (κ1) is 10.0. The highest BCUT2D eigenvalue weighted by Gasteiger charge is 2.42. The van der Waals surface area contributed by atoms with Crippen molar-refractivity contribution in [2.24, 2.45) is 0 Å². The Bertz CT molecular complexity index is 382. The van der Waals surface area contributed by atoms with Gasteiger partial charge in [-0.05, 0) is 32.3 Å². The number of fused-ring (bicyclic) bond motifs is 2. The molecule has 86 valence electrons. The number of aromatic nitrogens is 2. The van der Waals surface area contributed by atoms with Crippen molar-refractivity contribution in [3.8, 4) is 0 Å². The Morgan fingerprint density at radius 1 is 1.50 bits per heavy atom. The van der Waals surface area contributed by atoms with Crippen molar-refractivity contribution in [2.75, 3.05) is 11.9 Å². The van der Waals surface area contributed by atoms with Crippen molar-refractivity contribution in [3.63, 3.8) is 0 Å². The molecule has 4 nitrogen and oxygen atoms in total. The van der Waals surface area contributed by atoms with E-state index in [0.717, 1.165) is 24.6 Å². The van der Waals surface area contributed by atoms with Gasteiger partial charge in [-0.3, -0.25) is 0 Å². The van der Waals surface area contributed by atoms with Gasteiger partial charge in [0, 0.05) is 18.7 Å². The summed E-state index contributed by atoms with van der Waals surface area (Å²) in [6.07, 6.45) is 6.15. The van der Waals surface area contributed by atoms with Gasteiger partial charge >= 0.3 is 0 Å². The minimum Gasteiger partial charge on any atom is -0.374 e. The molecule has 2 fully saturated rings. The fourth-order valence-corrected chi connectivity index (χ4v) is 2.74. The molecule has 0 spiro atoms. The molecule has 3 atom stereocenters. The summed E-state index contributed by atoms with van der Waals surface area (Å²) in [6.45, 7) is 2.96. The number of rotatable bonds is 3. The molecule has 4 heteroatoms. The molecule has 3 unspecified atom stereocenters. The van der Waals surface area contributed by atoms with Crippen LogP contribution in [0.2, 0.25) is 0 Å². The van der Waals surface area contributed by atoms with E-state index in [0.29, 0.717) is 18.1 Å². The zero-order valence-electron chi connectivity index (χ0n) is 9.52. The van der Waals surface area contributed by atoms with E-state index in [1.165, 1.54) is 12.8 Å². The second kappa shape index (κ2) is 4.01. The van der Waals surface area contributed by atoms with Crippen molar-refractivity contribution < 1.29 is 4.74 Å². The normalized spacial score (nSPS) is 31.9. The van der Waals surface area contributed by atoms with Crippen LogP contribution in [-0.2, 0) is 4.74 Å². The third kappa shape index (κ3) is 1.67. The zero-order valence-corrected chi connectivity index (χ0v) is 9.52. The van der Waals surface area contributed by atoms with Crippen LogP contribution in [-0.4, -0.2) is 28.7 Å². The van der Waals surface area contributed by atoms with Crippen LogP contribution < -0.4 is 5.32 Å². The van der Waals surface area contributed by atoms with Gasteiger partial charge in [0.1, 0.15) is 11.6 Å². The zero-order chi connectivity index (χ0) is 11.0. The third-order valence-electron chi connectivity index (χ3n) is 3.47. The van der Waals surface area contributed by atoms with Crippen molar-refractivity contribution in [1.29, 1.82) is 0 Å². The van der Waals surface area contributed by atoms with Crippen molar-refractivity contribution in [1.82, 2.24) is 9.97 Å². The van der Waals surface area contributed by atoms with Gasteiger partial charge in [0.05, 0.1) is 12.2 Å². The van der Waals surface area contributed by atoms with Crippen LogP contribution in [0.15, 0.2) is 12.3 Å². The van der Waals surface area contributed by atoms with Crippen LogP contribution in [0.3, 0.4) is 0 Å². The molecule has 0 radical (unpaired) electrons. The highest BCUT2D eigenvalue weighted by molar-refractivity contribution is 5.33. The molecule has 16 heavy (non-hydrogen) atoms. The maximum Gasteiger partial charge on any atom is 0.136 e. The molecule has 2 bridgehead atoms. The van der Waals surface area contributed by atoms with E-state index < -0.39 is 0 Å². The number of hydrogen-bond donors (Lipinski definition) is 1. The third-order valence-corrected chi connectivity index (χ3v) is 3.47. The molecule has 0 saturated carbocycles. The lowest BCUT2D eigenvalue weighted by Gasteiger charge is -2.17. The van der Waals surface area contributed by atoms with E-state index in [1.54, 1.807) is 0 Å². The van der Waals surface area contributed by atoms with Crippen LogP contribution in [0.25, 0.3) is 0 Å². The van der Waals surface area contributed by atoms with E-state index >= 15 is 0 Å². The number of nitrogens with zero attached hydrogens (tertiary/aromatic N) is 2. The molecule has 0 aliphatic carbocycles. The first-order chi connectivity index (χ1) is 7.86. The fraction of sp³-hybridized carbons (Fsp3) is 0.667. The predicted octanol–water partition coefficient (Wildman–Crippen LogP) is 1.94. The summed E-state index contributed by atoms with van der Waals surface area (Å²) in [5.41, 5.74) is 0. The minimum atomic E-state index is 0.363. The largest absolute Gasteiger partial charge is 0.374 e. The number of nitrogens with one attached hydrogen (secondary N) is 1. The Labute approximate surface area is 95.4 Å². The average Bonchev–Trinajstić information content (AvgIpc) is 2.91. The molecule has 0 amide bonds. The molecule has 2 saturated heterocycles. The van der Waals surface area contributed by atoms with Crippen molar-refractivity contribution >= 4 is 5.82 Å². The average molecular weight is 219 g/mol. The van der Waals surface area contributed by atoms with Gasteiger partial charge in [0.15, 0.2) is 0 Å². The maximum absolute atomic E-state index is 5.84. The van der Waals surface area contributed by atoms with Crippen molar-refractivity contribution in [3.05, 3.63) is 18.1 Å². The van der Waals surface area contributed by atoms with Gasteiger partial charge in [-0.2, -0.15) is 0 Å². The van der Waals surface area contributed by atoms with E-state index in [9.17, 15) is 0 Å². The monoisotopic (exact) mass is 219 g/mol. The predicted molar refractivity (Wildman–Crippen MR) is 61.4 cm³/mol. The van der Waals surface area contributed by atoms with Gasteiger partial charge in [0.25, 0.3) is 0 Å². The molecule has 1 aromatic heterocycles. The summed E-state index contributed by atoms with van der Waals surface area (Å²) >= 11 is 0. The Morgan fingerprint density at radius 2 is 2.44 bits per heavy atom. The van der Waals surface area contributed by atoms with E-state index in [1.807, 2.05) is 12.3 Å². The van der Waals surface area contributed by atoms with Crippen molar-refractivity contribution in [2.45, 2.75) is 44.3 Å². The highest BCUT2D eigenvalue weighted by Crippen LogP contribution is 2.43. The van der Waals surface area contributed by atoms with Crippen LogP contribution >= 0.6 is 0 Å². The first-order valence-electron chi connectivity index (χ1n) is 6.09. The molecule has 1 aromatic rings. The van der Waals surface area contributed by atoms with Crippen LogP contribution in [0.1, 0.15) is 37.9 Å². The Hall–Kier alpha value is -1.16. The molecule has 3 rings (SSSR count). The summed E-state index contributed by atoms with van der Waals surface area (Å²) in [4.78, 5) is 8.95. The van der Waals surface area contributed by atoms with E-state index in [4.69, 9.17) is 4.74 Å². The van der Waals surface area contributed by atoms with Gasteiger partial charge in [-0.15, -0.1) is 0 Å². The van der Waals surface area contributed by atoms with Gasteiger partial charge in [-0.1, -0.05) is 0 Å². The standard InChI is InChI=1S/C12H17N3O/c1-2-13-11-5-6-14-12(15-11)9-7-8-3-4-10(9)16-8/h5-6,8-10H,2-4,7H2,1H3,(H,13,14,15). The molecule has 1 N–H and O–H groups in total. The number of ether oxygens (including phenoxy) is 1. The van der Waals surface area contributed by atoms with Crippen LogP contribution in [0.5, 0.6) is 0 Å². The summed E-state index contributed by atoms with van der Waals surface area (Å²) < 4.78 is 5.84. The Kier molecular flexibility index (Phi) is 2.52. The summed E-state index contributed by atoms with van der Waals surface area (Å²) in [7, 11) is 0. The molecular formula is C12H17N3O. The van der Waals surface area contributed by atoms with E-state index in [2.05, 4.69) is 22.2 Å². The lowest BCUT2D eigenvalue weighted by atomic mass is 9.88. The molecular weight excluding hydrogens is 202 g/mol. The minimum absolute atomic E-state index is 0.363. The molecule has 2 aliphatic heterocycles. The lowest BCUT2D eigenvalue weighted by Crippen LogP contribution is -2.17. The Balaban J connectivity index is 1.81.